The van der Waals surface area contributed by atoms with Crippen LogP contribution in [0.1, 0.15) is 44.2 Å². The van der Waals surface area contributed by atoms with Crippen molar-refractivity contribution in [2.75, 3.05) is 18.5 Å². The highest BCUT2D eigenvalue weighted by molar-refractivity contribution is 6.35. The van der Waals surface area contributed by atoms with Crippen LogP contribution in [0.25, 0.3) is 0 Å². The Bertz CT molecular complexity index is 878. The molecular formula is C23H27Cl2NO3. The lowest BCUT2D eigenvalue weighted by Gasteiger charge is -2.37. The highest BCUT2D eigenvalue weighted by atomic mass is 35.5. The number of benzene rings is 2. The van der Waals surface area contributed by atoms with Gasteiger partial charge in [0.25, 0.3) is 0 Å². The number of halogens is 2. The van der Waals surface area contributed by atoms with E-state index in [1.807, 2.05) is 38.1 Å². The van der Waals surface area contributed by atoms with Gasteiger partial charge in [-0.3, -0.25) is 4.79 Å². The number of anilines is 1. The molecule has 1 saturated heterocycles. The molecule has 0 radical (unpaired) electrons. The summed E-state index contributed by atoms with van der Waals surface area (Å²) in [6, 6.07) is 11.0. The van der Waals surface area contributed by atoms with Gasteiger partial charge in [-0.25, -0.2) is 0 Å². The van der Waals surface area contributed by atoms with E-state index in [0.29, 0.717) is 36.1 Å². The van der Waals surface area contributed by atoms with Crippen molar-refractivity contribution in [3.63, 3.8) is 0 Å². The molecule has 1 aliphatic heterocycles. The lowest BCUT2D eigenvalue weighted by atomic mass is 9.73. The Kier molecular flexibility index (Phi) is 7.10. The molecule has 1 unspecified atom stereocenters. The molecular weight excluding hydrogens is 409 g/mol. The molecule has 0 aliphatic carbocycles. The third kappa shape index (κ3) is 4.88. The predicted octanol–water partition coefficient (Wildman–Crippen LogP) is 6.17. The molecule has 0 aromatic heterocycles. The summed E-state index contributed by atoms with van der Waals surface area (Å²) in [4.78, 5) is 13.5. The molecule has 4 nitrogen and oxygen atoms in total. The molecule has 1 fully saturated rings. The topological polar surface area (TPSA) is 47.6 Å². The van der Waals surface area contributed by atoms with Gasteiger partial charge < -0.3 is 14.8 Å². The van der Waals surface area contributed by atoms with Crippen LogP contribution in [0.3, 0.4) is 0 Å². The highest BCUT2D eigenvalue weighted by Gasteiger charge is 2.43. The number of nitrogens with one attached hydrogen (secondary N) is 1. The molecule has 0 spiro atoms. The molecule has 1 amide bonds. The van der Waals surface area contributed by atoms with Gasteiger partial charge in [0.1, 0.15) is 5.75 Å². The normalized spacial score (nSPS) is 16.9. The summed E-state index contributed by atoms with van der Waals surface area (Å²) in [5.41, 5.74) is 1.76. The van der Waals surface area contributed by atoms with Gasteiger partial charge in [-0.1, -0.05) is 36.2 Å². The maximum absolute atomic E-state index is 13.5. The first-order chi connectivity index (χ1) is 13.9. The molecule has 2 aromatic carbocycles. The van der Waals surface area contributed by atoms with Crippen LogP contribution in [-0.2, 0) is 14.9 Å². The standard InChI is InChI=1S/C23H27Cl2NO3/c1-4-16(3)29-21-8-6-18(13-15(21)2)26-22(27)23(9-11-28-12-10-23)19-7-5-17(24)14-20(19)25/h5-8,13-14,16H,4,9-12H2,1-3H3,(H,26,27). The van der Waals surface area contributed by atoms with Crippen LogP contribution >= 0.6 is 23.2 Å². The smallest absolute Gasteiger partial charge is 0.235 e. The Balaban J connectivity index is 1.87. The van der Waals surface area contributed by atoms with Crippen LogP contribution < -0.4 is 10.1 Å². The molecule has 1 heterocycles. The number of amides is 1. The minimum Gasteiger partial charge on any atom is -0.490 e. The van der Waals surface area contributed by atoms with Gasteiger partial charge in [0.2, 0.25) is 5.91 Å². The lowest BCUT2D eigenvalue weighted by molar-refractivity contribution is -0.125. The molecule has 1 atom stereocenters. The maximum Gasteiger partial charge on any atom is 0.235 e. The van der Waals surface area contributed by atoms with Crippen LogP contribution in [0, 0.1) is 6.92 Å². The van der Waals surface area contributed by atoms with Crippen molar-refractivity contribution in [1.82, 2.24) is 0 Å². The van der Waals surface area contributed by atoms with Gasteiger partial charge in [0.15, 0.2) is 0 Å². The first-order valence-electron chi connectivity index (χ1n) is 9.98. The molecule has 0 bridgehead atoms. The average molecular weight is 436 g/mol. The van der Waals surface area contributed by atoms with Gasteiger partial charge in [0.05, 0.1) is 11.5 Å². The fourth-order valence-electron chi connectivity index (χ4n) is 3.63. The third-order valence-corrected chi connectivity index (χ3v) is 6.11. The van der Waals surface area contributed by atoms with Crippen molar-refractivity contribution >= 4 is 34.8 Å². The van der Waals surface area contributed by atoms with Gasteiger partial charge in [0, 0.05) is 28.9 Å². The average Bonchev–Trinajstić information content (AvgIpc) is 2.70. The first-order valence-corrected chi connectivity index (χ1v) is 10.7. The number of carbonyl (C=O) groups is 1. The molecule has 1 aliphatic rings. The number of hydrogen-bond acceptors (Lipinski definition) is 3. The quantitative estimate of drug-likeness (QED) is 0.590. The van der Waals surface area contributed by atoms with E-state index in [4.69, 9.17) is 32.7 Å². The number of carbonyl (C=O) groups excluding carboxylic acids is 1. The van der Waals surface area contributed by atoms with Crippen LogP contribution in [-0.4, -0.2) is 25.2 Å². The number of hydrogen-bond donors (Lipinski definition) is 1. The molecule has 0 saturated carbocycles. The van der Waals surface area contributed by atoms with E-state index in [0.717, 1.165) is 29.0 Å². The minimum atomic E-state index is -0.750. The largest absolute Gasteiger partial charge is 0.490 e. The molecule has 1 N–H and O–H groups in total. The summed E-state index contributed by atoms with van der Waals surface area (Å²) in [6.07, 6.45) is 2.21. The zero-order valence-electron chi connectivity index (χ0n) is 17.1. The molecule has 156 valence electrons. The molecule has 2 aromatic rings. The van der Waals surface area contributed by atoms with Gasteiger partial charge in [-0.05, 0) is 74.6 Å². The third-order valence-electron chi connectivity index (χ3n) is 5.56. The van der Waals surface area contributed by atoms with Crippen LogP contribution in [0.15, 0.2) is 36.4 Å². The molecule has 6 heteroatoms. The second-order valence-electron chi connectivity index (χ2n) is 7.59. The number of aryl methyl sites for hydroxylation is 1. The Hall–Kier alpha value is -1.75. The summed E-state index contributed by atoms with van der Waals surface area (Å²) in [7, 11) is 0. The van der Waals surface area contributed by atoms with E-state index in [1.54, 1.807) is 12.1 Å². The number of ether oxygens (including phenoxy) is 2. The van der Waals surface area contributed by atoms with Crippen LogP contribution in [0.4, 0.5) is 5.69 Å². The van der Waals surface area contributed by atoms with E-state index in [9.17, 15) is 4.79 Å². The van der Waals surface area contributed by atoms with Crippen LogP contribution in [0.5, 0.6) is 5.75 Å². The summed E-state index contributed by atoms with van der Waals surface area (Å²) in [5.74, 6) is 0.749. The van der Waals surface area contributed by atoms with Gasteiger partial charge in [-0.2, -0.15) is 0 Å². The first kappa shape index (κ1) is 21.9. The summed E-state index contributed by atoms with van der Waals surface area (Å²) in [6.45, 7) is 7.12. The van der Waals surface area contributed by atoms with Crippen molar-refractivity contribution < 1.29 is 14.3 Å². The summed E-state index contributed by atoms with van der Waals surface area (Å²) >= 11 is 12.6. The molecule has 3 rings (SSSR count). The van der Waals surface area contributed by atoms with Crippen molar-refractivity contribution in [1.29, 1.82) is 0 Å². The lowest BCUT2D eigenvalue weighted by Crippen LogP contribution is -2.45. The Labute approximate surface area is 182 Å². The second-order valence-corrected chi connectivity index (χ2v) is 8.43. The van der Waals surface area contributed by atoms with Crippen molar-refractivity contribution in [3.8, 4) is 5.75 Å². The Morgan fingerprint density at radius 1 is 1.21 bits per heavy atom. The summed E-state index contributed by atoms with van der Waals surface area (Å²) in [5, 5.41) is 4.14. The van der Waals surface area contributed by atoms with E-state index < -0.39 is 5.41 Å². The van der Waals surface area contributed by atoms with Crippen molar-refractivity contribution in [3.05, 3.63) is 57.6 Å². The maximum atomic E-state index is 13.5. The predicted molar refractivity (Wildman–Crippen MR) is 118 cm³/mol. The fraction of sp³-hybridized carbons (Fsp3) is 0.435. The van der Waals surface area contributed by atoms with E-state index in [-0.39, 0.29) is 12.0 Å². The monoisotopic (exact) mass is 435 g/mol. The fourth-order valence-corrected chi connectivity index (χ4v) is 4.22. The van der Waals surface area contributed by atoms with Gasteiger partial charge >= 0.3 is 0 Å². The number of rotatable bonds is 6. The highest BCUT2D eigenvalue weighted by Crippen LogP contribution is 2.40. The Morgan fingerprint density at radius 3 is 2.55 bits per heavy atom. The van der Waals surface area contributed by atoms with Crippen LogP contribution in [0.2, 0.25) is 10.0 Å². The zero-order chi connectivity index (χ0) is 21.0. The van der Waals surface area contributed by atoms with E-state index >= 15 is 0 Å². The van der Waals surface area contributed by atoms with E-state index in [1.165, 1.54) is 0 Å². The van der Waals surface area contributed by atoms with Gasteiger partial charge in [-0.15, -0.1) is 0 Å². The zero-order valence-corrected chi connectivity index (χ0v) is 18.6. The van der Waals surface area contributed by atoms with Crippen molar-refractivity contribution in [2.24, 2.45) is 0 Å². The van der Waals surface area contributed by atoms with E-state index in [2.05, 4.69) is 12.2 Å². The second kappa shape index (κ2) is 9.38. The Morgan fingerprint density at radius 2 is 1.93 bits per heavy atom. The SMILES string of the molecule is CCC(C)Oc1ccc(NC(=O)C2(c3ccc(Cl)cc3Cl)CCOCC2)cc1C. The molecule has 29 heavy (non-hydrogen) atoms. The minimum absolute atomic E-state index is 0.0833. The van der Waals surface area contributed by atoms with Crippen molar-refractivity contribution in [2.45, 2.75) is 51.6 Å². The summed E-state index contributed by atoms with van der Waals surface area (Å²) < 4.78 is 11.5.